The number of carboxylic acid groups (broad SMARTS) is 1. The second kappa shape index (κ2) is 62.0. The van der Waals surface area contributed by atoms with Gasteiger partial charge in [0.1, 0.15) is 13.2 Å². The van der Waals surface area contributed by atoms with Gasteiger partial charge in [0.05, 0.1) is 34.4 Å². The molecule has 0 rings (SSSR count). The number of nitrogens with zero attached hydrogens (tertiary/aromatic N) is 1. The summed E-state index contributed by atoms with van der Waals surface area (Å²) in [6, 6.07) is 0. The summed E-state index contributed by atoms with van der Waals surface area (Å²) in [5.41, 5.74) is 0. The molecule has 2 unspecified atom stereocenters. The summed E-state index contributed by atoms with van der Waals surface area (Å²) >= 11 is 0. The molecule has 0 amide bonds. The number of aliphatic carboxylic acids is 1. The number of allylic oxidation sites excluding steroid dienone is 18. The predicted octanol–water partition coefficient (Wildman–Crippen LogP) is 20.2. The van der Waals surface area contributed by atoms with E-state index >= 15 is 0 Å². The molecule has 0 saturated carbocycles. The Morgan fingerprint density at radius 1 is 0.370 bits per heavy atom. The van der Waals surface area contributed by atoms with Crippen molar-refractivity contribution in [1.29, 1.82) is 0 Å². The van der Waals surface area contributed by atoms with Gasteiger partial charge in [-0.1, -0.05) is 277 Å². The van der Waals surface area contributed by atoms with Gasteiger partial charge >= 0.3 is 17.9 Å². The van der Waals surface area contributed by atoms with E-state index in [4.69, 9.17) is 18.9 Å². The number of carbonyl (C=O) groups is 3. The average molecular weight is 1130 g/mol. The molecule has 464 valence electrons. The minimum Gasteiger partial charge on any atom is -0.477 e. The monoisotopic (exact) mass is 1130 g/mol. The maximum absolute atomic E-state index is 12.8. The Morgan fingerprint density at radius 3 is 1.02 bits per heavy atom. The van der Waals surface area contributed by atoms with Crippen LogP contribution in [0.5, 0.6) is 0 Å². The largest absolute Gasteiger partial charge is 0.477 e. The summed E-state index contributed by atoms with van der Waals surface area (Å²) in [4.78, 5) is 37.4. The van der Waals surface area contributed by atoms with Gasteiger partial charge in [-0.2, -0.15) is 0 Å². The predicted molar refractivity (Wildman–Crippen MR) is 345 cm³/mol. The molecule has 0 aromatic rings. The van der Waals surface area contributed by atoms with Gasteiger partial charge in [-0.25, -0.2) is 4.79 Å². The first kappa shape index (κ1) is 77.0. The molecular formula is C72H124NO8+. The number of carboxylic acids is 1. The Hall–Kier alpha value is -4.05. The van der Waals surface area contributed by atoms with Crippen LogP contribution in [0.1, 0.15) is 271 Å². The number of esters is 2. The van der Waals surface area contributed by atoms with Gasteiger partial charge in [0.15, 0.2) is 6.10 Å². The molecule has 0 spiro atoms. The van der Waals surface area contributed by atoms with Gasteiger partial charge in [-0.3, -0.25) is 9.59 Å². The maximum Gasteiger partial charge on any atom is 0.361 e. The molecule has 0 saturated heterocycles. The van der Waals surface area contributed by atoms with Crippen LogP contribution in [-0.2, 0) is 33.3 Å². The lowest BCUT2D eigenvalue weighted by molar-refractivity contribution is -0.870. The first-order valence-electron chi connectivity index (χ1n) is 33.1. The van der Waals surface area contributed by atoms with Crippen LogP contribution < -0.4 is 0 Å². The normalized spacial score (nSPS) is 13.4. The Labute approximate surface area is 498 Å². The molecule has 9 heteroatoms. The Balaban J connectivity index is 4.01. The minimum atomic E-state index is -1.53. The lowest BCUT2D eigenvalue weighted by Crippen LogP contribution is -2.40. The molecule has 2 atom stereocenters. The standard InChI is InChI=1S/C72H123NO8/c1-6-8-10-12-14-16-18-20-22-24-25-26-27-28-29-30-31-32-33-34-35-36-37-38-39-40-41-42-43-44-45-47-48-50-52-54-56-58-60-62-69(74)79-66-68(67-80-72(71(76)77)78-65-64-73(3,4)5)81-70(75)63-61-59-57-55-53-51-49-46-23-21-19-17-15-13-11-9-7-2/h8-11,14-17,20-23,25-26,49,51,55,57,68,72H,6-7,12-13,18-19,24,27-48,50,52-54,56,58-67H2,1-5H3/p+1/b10-8-,11-9-,16-14-,17-15-,22-20-,23-21-,26-25-,51-49-,57-55-. The maximum atomic E-state index is 12.8. The van der Waals surface area contributed by atoms with Gasteiger partial charge in [-0.05, 0) is 89.9 Å². The van der Waals surface area contributed by atoms with Crippen LogP contribution in [0.3, 0.4) is 0 Å². The van der Waals surface area contributed by atoms with E-state index in [9.17, 15) is 19.5 Å². The molecule has 0 fully saturated rings. The van der Waals surface area contributed by atoms with Crippen molar-refractivity contribution in [2.24, 2.45) is 0 Å². The molecule has 0 bridgehead atoms. The zero-order valence-corrected chi connectivity index (χ0v) is 52.9. The van der Waals surface area contributed by atoms with Gasteiger partial charge in [-0.15, -0.1) is 0 Å². The van der Waals surface area contributed by atoms with Crippen molar-refractivity contribution in [2.45, 2.75) is 283 Å². The van der Waals surface area contributed by atoms with E-state index < -0.39 is 24.3 Å². The summed E-state index contributed by atoms with van der Waals surface area (Å²) in [6.07, 6.45) is 83.7. The van der Waals surface area contributed by atoms with Crippen LogP contribution in [-0.4, -0.2) is 87.4 Å². The Morgan fingerprint density at radius 2 is 0.679 bits per heavy atom. The molecule has 0 aliphatic rings. The van der Waals surface area contributed by atoms with Crippen LogP contribution in [0.4, 0.5) is 0 Å². The SMILES string of the molecule is CC/C=C\C/C=C\C/C=C\C/C=C\C/C=C\CCCC(=O)OC(COC(=O)CCCCCCCCCCCCCCCCCCCCCCCCCCCC/C=C\C/C=C\C/C=C\C/C=C\CC)COC(OCC[N+](C)(C)C)C(=O)O. The van der Waals surface area contributed by atoms with Crippen molar-refractivity contribution >= 4 is 17.9 Å². The van der Waals surface area contributed by atoms with Crippen LogP contribution in [0.25, 0.3) is 0 Å². The van der Waals surface area contributed by atoms with Crippen LogP contribution in [0.15, 0.2) is 109 Å². The first-order valence-corrected chi connectivity index (χ1v) is 33.1. The molecular weight excluding hydrogens is 1010 g/mol. The molecule has 9 nitrogen and oxygen atoms in total. The summed E-state index contributed by atoms with van der Waals surface area (Å²) in [5, 5.41) is 9.71. The zero-order valence-electron chi connectivity index (χ0n) is 52.9. The third-order valence-electron chi connectivity index (χ3n) is 14.0. The van der Waals surface area contributed by atoms with Gasteiger partial charge in [0, 0.05) is 12.8 Å². The van der Waals surface area contributed by atoms with E-state index in [1.807, 2.05) is 21.1 Å². The third kappa shape index (κ3) is 63.4. The average Bonchev–Trinajstić information content (AvgIpc) is 3.44. The van der Waals surface area contributed by atoms with Gasteiger partial charge < -0.3 is 28.5 Å². The topological polar surface area (TPSA) is 108 Å². The van der Waals surface area contributed by atoms with E-state index in [-0.39, 0.29) is 38.6 Å². The highest BCUT2D eigenvalue weighted by Gasteiger charge is 2.25. The number of carbonyl (C=O) groups excluding carboxylic acids is 2. The highest BCUT2D eigenvalue weighted by Crippen LogP contribution is 2.17. The zero-order chi connectivity index (χ0) is 59.1. The number of hydrogen-bond acceptors (Lipinski definition) is 7. The highest BCUT2D eigenvalue weighted by molar-refractivity contribution is 5.71. The molecule has 0 aromatic heterocycles. The van der Waals surface area contributed by atoms with Crippen molar-refractivity contribution in [1.82, 2.24) is 0 Å². The van der Waals surface area contributed by atoms with Crippen molar-refractivity contribution in [2.75, 3.05) is 47.5 Å². The molecule has 0 radical (unpaired) electrons. The highest BCUT2D eigenvalue weighted by atomic mass is 16.7. The second-order valence-corrected chi connectivity index (χ2v) is 23.0. The molecule has 81 heavy (non-hydrogen) atoms. The fourth-order valence-electron chi connectivity index (χ4n) is 9.04. The lowest BCUT2D eigenvalue weighted by Gasteiger charge is -2.25. The number of likely N-dealkylation sites (N-methyl/N-ethyl adjacent to an activating group) is 1. The quantitative estimate of drug-likeness (QED) is 0.0211. The summed E-state index contributed by atoms with van der Waals surface area (Å²) < 4.78 is 22.8. The Kier molecular flexibility index (Phi) is 58.9. The van der Waals surface area contributed by atoms with Crippen molar-refractivity contribution in [3.8, 4) is 0 Å². The van der Waals surface area contributed by atoms with Crippen molar-refractivity contribution in [3.05, 3.63) is 109 Å². The number of unbranched alkanes of at least 4 members (excludes halogenated alkanes) is 27. The van der Waals surface area contributed by atoms with E-state index in [2.05, 4.69) is 123 Å². The molecule has 0 aliphatic carbocycles. The van der Waals surface area contributed by atoms with Crippen molar-refractivity contribution in [3.63, 3.8) is 0 Å². The smallest absolute Gasteiger partial charge is 0.361 e. The molecule has 1 N–H and O–H groups in total. The van der Waals surface area contributed by atoms with Crippen LogP contribution >= 0.6 is 0 Å². The second-order valence-electron chi connectivity index (χ2n) is 23.0. The molecule has 0 aromatic carbocycles. The Bertz CT molecular complexity index is 1700. The molecule has 0 heterocycles. The number of ether oxygens (including phenoxy) is 4. The van der Waals surface area contributed by atoms with E-state index in [0.29, 0.717) is 17.4 Å². The van der Waals surface area contributed by atoms with Gasteiger partial charge in [0.25, 0.3) is 6.29 Å². The van der Waals surface area contributed by atoms with Crippen molar-refractivity contribution < 1.29 is 42.9 Å². The minimum absolute atomic E-state index is 0.174. The van der Waals surface area contributed by atoms with Gasteiger partial charge in [0.2, 0.25) is 0 Å². The number of rotatable bonds is 60. The van der Waals surface area contributed by atoms with E-state index in [0.717, 1.165) is 83.5 Å². The summed E-state index contributed by atoms with van der Waals surface area (Å²) in [6.45, 7) is 4.59. The van der Waals surface area contributed by atoms with Crippen LogP contribution in [0.2, 0.25) is 0 Å². The number of quaternary nitrogens is 1. The first-order chi connectivity index (χ1) is 39.6. The lowest BCUT2D eigenvalue weighted by atomic mass is 10.0. The summed E-state index contributed by atoms with van der Waals surface area (Å²) in [7, 11) is 5.95. The molecule has 0 aliphatic heterocycles. The van der Waals surface area contributed by atoms with E-state index in [1.165, 1.54) is 154 Å². The summed E-state index contributed by atoms with van der Waals surface area (Å²) in [5.74, 6) is -2.08. The van der Waals surface area contributed by atoms with Crippen LogP contribution in [0, 0.1) is 0 Å². The fourth-order valence-corrected chi connectivity index (χ4v) is 9.04. The third-order valence-corrected chi connectivity index (χ3v) is 14.0. The fraction of sp³-hybridized carbons (Fsp3) is 0.708. The van der Waals surface area contributed by atoms with E-state index in [1.54, 1.807) is 0 Å². The number of hydrogen-bond donors (Lipinski definition) is 1.